The second kappa shape index (κ2) is 8.65. The van der Waals surface area contributed by atoms with Gasteiger partial charge < -0.3 is 14.4 Å². The van der Waals surface area contributed by atoms with Crippen LogP contribution in [-0.2, 0) is 6.54 Å². The Bertz CT molecular complexity index is 1190. The van der Waals surface area contributed by atoms with Gasteiger partial charge in [0.1, 0.15) is 22.5 Å². The van der Waals surface area contributed by atoms with Crippen LogP contribution < -0.4 is 9.47 Å². The Balaban J connectivity index is 1.89. The summed E-state index contributed by atoms with van der Waals surface area (Å²) in [6.45, 7) is 0.168. The van der Waals surface area contributed by atoms with Gasteiger partial charge >= 0.3 is 0 Å². The number of hydrogen-bond acceptors (Lipinski definition) is 4. The molecule has 2 aromatic carbocycles. The van der Waals surface area contributed by atoms with E-state index in [0.29, 0.717) is 32.1 Å². The van der Waals surface area contributed by atoms with Crippen LogP contribution in [0.5, 0.6) is 11.5 Å². The van der Waals surface area contributed by atoms with Crippen molar-refractivity contribution in [1.29, 1.82) is 0 Å². The number of ether oxygens (including phenoxy) is 2. The SMILES string of the molecule is COc1ccc(CN2C(=O)c3c(Cl)ncc(Br)c3C2c2cc(F)ccc2Cl)c(OC)c1. The van der Waals surface area contributed by atoms with Gasteiger partial charge in [0.25, 0.3) is 5.91 Å². The van der Waals surface area contributed by atoms with Crippen molar-refractivity contribution in [3.8, 4) is 11.5 Å². The fourth-order valence-corrected chi connectivity index (χ4v) is 4.71. The van der Waals surface area contributed by atoms with Crippen molar-refractivity contribution < 1.29 is 18.7 Å². The topological polar surface area (TPSA) is 51.7 Å². The van der Waals surface area contributed by atoms with Crippen LogP contribution in [0.3, 0.4) is 0 Å². The first-order valence-corrected chi connectivity index (χ1v) is 10.7. The van der Waals surface area contributed by atoms with Crippen molar-refractivity contribution >= 4 is 45.0 Å². The molecule has 1 aliphatic heterocycles. The first-order valence-electron chi connectivity index (χ1n) is 9.16. The Labute approximate surface area is 196 Å². The molecule has 0 spiro atoms. The van der Waals surface area contributed by atoms with Crippen LogP contribution in [0.15, 0.2) is 47.1 Å². The van der Waals surface area contributed by atoms with Gasteiger partial charge in [0.2, 0.25) is 0 Å². The summed E-state index contributed by atoms with van der Waals surface area (Å²) in [4.78, 5) is 19.1. The van der Waals surface area contributed by atoms with E-state index in [1.54, 1.807) is 24.1 Å². The monoisotopic (exact) mass is 524 g/mol. The molecule has 0 aliphatic carbocycles. The van der Waals surface area contributed by atoms with E-state index in [9.17, 15) is 9.18 Å². The predicted octanol–water partition coefficient (Wildman–Crippen LogP) is 6.05. The number of nitrogens with zero attached hydrogens (tertiary/aromatic N) is 2. The largest absolute Gasteiger partial charge is 0.497 e. The lowest BCUT2D eigenvalue weighted by Crippen LogP contribution is -2.29. The molecule has 5 nitrogen and oxygen atoms in total. The normalized spacial score (nSPS) is 15.2. The third-order valence-electron chi connectivity index (χ3n) is 5.17. The zero-order valence-electron chi connectivity index (χ0n) is 16.5. The maximum Gasteiger partial charge on any atom is 0.258 e. The highest BCUT2D eigenvalue weighted by Crippen LogP contribution is 2.47. The molecule has 0 N–H and O–H groups in total. The summed E-state index contributed by atoms with van der Waals surface area (Å²) in [5.74, 6) is 0.377. The van der Waals surface area contributed by atoms with Crippen LogP contribution in [0.25, 0.3) is 0 Å². The second-order valence-electron chi connectivity index (χ2n) is 6.86. The number of fused-ring (bicyclic) bond motifs is 1. The van der Waals surface area contributed by atoms with Gasteiger partial charge in [-0.05, 0) is 46.3 Å². The number of rotatable bonds is 5. The summed E-state index contributed by atoms with van der Waals surface area (Å²) in [5.41, 5.74) is 2.03. The summed E-state index contributed by atoms with van der Waals surface area (Å²) >= 11 is 16.2. The lowest BCUT2D eigenvalue weighted by atomic mass is 9.98. The highest BCUT2D eigenvalue weighted by molar-refractivity contribution is 9.10. The van der Waals surface area contributed by atoms with E-state index in [1.165, 1.54) is 31.5 Å². The molecule has 1 atom stereocenters. The number of hydrogen-bond donors (Lipinski definition) is 0. The third kappa shape index (κ3) is 3.86. The Morgan fingerprint density at radius 2 is 1.94 bits per heavy atom. The summed E-state index contributed by atoms with van der Waals surface area (Å²) in [6, 6.07) is 8.72. The Kier molecular flexibility index (Phi) is 6.10. The Hall–Kier alpha value is -2.35. The molecule has 2 heterocycles. The molecule has 0 fully saturated rings. The lowest BCUT2D eigenvalue weighted by molar-refractivity contribution is 0.0734. The van der Waals surface area contributed by atoms with Gasteiger partial charge in [0.05, 0.1) is 32.4 Å². The molecule has 3 aromatic rings. The molecule has 1 unspecified atom stereocenters. The third-order valence-corrected chi connectivity index (χ3v) is 6.43. The van der Waals surface area contributed by atoms with Crippen molar-refractivity contribution in [1.82, 2.24) is 9.88 Å². The van der Waals surface area contributed by atoms with Gasteiger partial charge in [-0.1, -0.05) is 23.2 Å². The summed E-state index contributed by atoms with van der Waals surface area (Å²) in [5, 5.41) is 0.406. The quantitative estimate of drug-likeness (QED) is 0.380. The average Bonchev–Trinajstić information content (AvgIpc) is 3.06. The standard InChI is InChI=1S/C22H16BrCl2FN2O3/c1-30-13-5-3-11(17(8-13)31-2)10-28-20(14-7-12(26)4-6-16(14)24)18-15(23)9-27-21(25)19(18)22(28)29/h3-9,20H,10H2,1-2H3. The fourth-order valence-electron chi connectivity index (χ4n) is 3.74. The van der Waals surface area contributed by atoms with Gasteiger partial charge in [-0.25, -0.2) is 9.37 Å². The second-order valence-corrected chi connectivity index (χ2v) is 8.48. The molecule has 0 saturated heterocycles. The van der Waals surface area contributed by atoms with Crippen molar-refractivity contribution in [2.45, 2.75) is 12.6 Å². The number of aromatic nitrogens is 1. The molecular weight excluding hydrogens is 510 g/mol. The Morgan fingerprint density at radius 1 is 1.16 bits per heavy atom. The minimum atomic E-state index is -0.674. The number of carbonyl (C=O) groups is 1. The highest BCUT2D eigenvalue weighted by Gasteiger charge is 2.42. The number of amides is 1. The van der Waals surface area contributed by atoms with Crippen molar-refractivity contribution in [2.75, 3.05) is 14.2 Å². The van der Waals surface area contributed by atoms with Gasteiger partial charge in [-0.3, -0.25) is 4.79 Å². The minimum Gasteiger partial charge on any atom is -0.497 e. The molecule has 1 aromatic heterocycles. The summed E-state index contributed by atoms with van der Waals surface area (Å²) < 4.78 is 25.5. The number of pyridine rings is 1. The molecule has 0 saturated carbocycles. The zero-order chi connectivity index (χ0) is 22.3. The molecule has 1 aliphatic rings. The number of halogens is 4. The van der Waals surface area contributed by atoms with Gasteiger partial charge in [0.15, 0.2) is 0 Å². The van der Waals surface area contributed by atoms with Crippen molar-refractivity contribution in [3.05, 3.63) is 85.3 Å². The number of methoxy groups -OCH3 is 2. The minimum absolute atomic E-state index is 0.0740. The lowest BCUT2D eigenvalue weighted by Gasteiger charge is -2.27. The molecule has 1 amide bonds. The molecule has 9 heteroatoms. The summed E-state index contributed by atoms with van der Waals surface area (Å²) in [7, 11) is 3.10. The van der Waals surface area contributed by atoms with Crippen LogP contribution in [-0.4, -0.2) is 30.0 Å². The van der Waals surface area contributed by atoms with Crippen LogP contribution in [0.4, 0.5) is 4.39 Å². The maximum atomic E-state index is 14.2. The first kappa shape index (κ1) is 21.9. The van der Waals surface area contributed by atoms with Crippen molar-refractivity contribution in [2.24, 2.45) is 0 Å². The smallest absolute Gasteiger partial charge is 0.258 e. The van der Waals surface area contributed by atoms with Crippen LogP contribution in [0.2, 0.25) is 10.2 Å². The van der Waals surface area contributed by atoms with Crippen LogP contribution in [0, 0.1) is 5.82 Å². The first-order chi connectivity index (χ1) is 14.8. The van der Waals surface area contributed by atoms with E-state index in [-0.39, 0.29) is 23.2 Å². The van der Waals surface area contributed by atoms with Crippen LogP contribution in [0.1, 0.15) is 33.1 Å². The Morgan fingerprint density at radius 3 is 2.65 bits per heavy atom. The molecule has 4 rings (SSSR count). The van der Waals surface area contributed by atoms with E-state index in [2.05, 4.69) is 20.9 Å². The van der Waals surface area contributed by atoms with Gasteiger partial charge in [-0.15, -0.1) is 0 Å². The number of benzene rings is 2. The molecule has 31 heavy (non-hydrogen) atoms. The molecular formula is C22H16BrCl2FN2O3. The molecule has 160 valence electrons. The predicted molar refractivity (Wildman–Crippen MR) is 120 cm³/mol. The van der Waals surface area contributed by atoms with Gasteiger partial charge in [0, 0.05) is 38.4 Å². The number of carbonyl (C=O) groups excluding carboxylic acids is 1. The van der Waals surface area contributed by atoms with E-state index in [0.717, 1.165) is 5.56 Å². The van der Waals surface area contributed by atoms with Crippen LogP contribution >= 0.6 is 39.1 Å². The van der Waals surface area contributed by atoms with E-state index in [4.69, 9.17) is 32.7 Å². The van der Waals surface area contributed by atoms with Crippen molar-refractivity contribution in [3.63, 3.8) is 0 Å². The fraction of sp³-hybridized carbons (Fsp3) is 0.182. The summed E-state index contributed by atoms with van der Waals surface area (Å²) in [6.07, 6.45) is 1.52. The van der Waals surface area contributed by atoms with Gasteiger partial charge in [-0.2, -0.15) is 0 Å². The van der Waals surface area contributed by atoms with E-state index >= 15 is 0 Å². The molecule has 0 radical (unpaired) electrons. The van der Waals surface area contributed by atoms with E-state index < -0.39 is 11.9 Å². The van der Waals surface area contributed by atoms with E-state index in [1.807, 2.05) is 6.07 Å². The zero-order valence-corrected chi connectivity index (χ0v) is 19.6. The maximum absolute atomic E-state index is 14.2. The molecule has 0 bridgehead atoms. The highest BCUT2D eigenvalue weighted by atomic mass is 79.9. The average molecular weight is 526 g/mol.